The summed E-state index contributed by atoms with van der Waals surface area (Å²) in [6, 6.07) is 12.4. The molecule has 0 radical (unpaired) electrons. The van der Waals surface area contributed by atoms with Gasteiger partial charge >= 0.3 is 0 Å². The molecule has 190 valence electrons. The van der Waals surface area contributed by atoms with Crippen LogP contribution in [0.1, 0.15) is 37.2 Å². The van der Waals surface area contributed by atoms with Gasteiger partial charge in [-0.05, 0) is 80.3 Å². The van der Waals surface area contributed by atoms with Gasteiger partial charge in [0.25, 0.3) is 0 Å². The molecule has 3 N–H and O–H groups in total. The van der Waals surface area contributed by atoms with E-state index in [1.165, 1.54) is 31.2 Å². The van der Waals surface area contributed by atoms with E-state index in [2.05, 4.69) is 31.7 Å². The van der Waals surface area contributed by atoms with E-state index in [0.717, 1.165) is 57.7 Å². The molecule has 1 aromatic carbocycles. The molecule has 3 fully saturated rings. The zero-order chi connectivity index (χ0) is 25.2. The number of halogens is 1. The quantitative estimate of drug-likeness (QED) is 0.256. The van der Waals surface area contributed by atoms with Crippen molar-refractivity contribution in [2.75, 3.05) is 18.4 Å². The second kappa shape index (κ2) is 8.75. The highest BCUT2D eigenvalue weighted by molar-refractivity contribution is 6.33. The Morgan fingerprint density at radius 3 is 2.58 bits per heavy atom. The summed E-state index contributed by atoms with van der Waals surface area (Å²) >= 11 is 6.51. The number of nitrogens with zero attached hydrogens (tertiary/aromatic N) is 4. The number of H-pyrrole nitrogens is 1. The van der Waals surface area contributed by atoms with Gasteiger partial charge in [-0.25, -0.2) is 15.0 Å². The topological polar surface area (TPSA) is 91.4 Å². The minimum absolute atomic E-state index is 0.430. The smallest absolute Gasteiger partial charge is 0.163 e. The summed E-state index contributed by atoms with van der Waals surface area (Å²) in [7, 11) is 0. The van der Waals surface area contributed by atoms with E-state index in [4.69, 9.17) is 21.6 Å². The number of aromatic amines is 1. The van der Waals surface area contributed by atoms with E-state index in [1.807, 2.05) is 48.9 Å². The monoisotopic (exact) mass is 521 g/mol. The summed E-state index contributed by atoms with van der Waals surface area (Å²) in [4.78, 5) is 23.0. The first-order chi connectivity index (χ1) is 18.7. The molecular formula is C30H28ClN7. The second-order valence-electron chi connectivity index (χ2n) is 11.0. The SMILES string of the molecule is Clc1ccccc1-c1cc2c(-c3nc(N[C@H]4[C@@H]5CC[C@H]4CNC5)c4c(C5CC5)cncc4n3)ccnc2[nH]1. The standard InChI is InChI=1S/C30H28ClN7/c31-23-4-2-1-3-20(23)24-11-21-19(9-10-34-28(21)35-24)29-36-25-15-33-14-22(16-5-6-16)26(25)30(38-29)37-27-17-7-8-18(27)13-32-12-17/h1-4,9-11,14-18,27,32H,5-8,12-13H2,(H,34,35)(H,36,37,38)/t17-,18+,27+. The molecular weight excluding hydrogens is 494 g/mol. The lowest BCUT2D eigenvalue weighted by atomic mass is 9.93. The van der Waals surface area contributed by atoms with Crippen molar-refractivity contribution in [3.8, 4) is 22.6 Å². The predicted octanol–water partition coefficient (Wildman–Crippen LogP) is 6.18. The molecule has 0 spiro atoms. The van der Waals surface area contributed by atoms with Gasteiger partial charge in [0, 0.05) is 51.1 Å². The average Bonchev–Trinajstić information content (AvgIpc) is 3.66. The van der Waals surface area contributed by atoms with E-state index >= 15 is 0 Å². The highest BCUT2D eigenvalue weighted by Crippen LogP contribution is 2.45. The first kappa shape index (κ1) is 22.4. The number of piperidine rings is 1. The van der Waals surface area contributed by atoms with Gasteiger partial charge < -0.3 is 15.6 Å². The predicted molar refractivity (Wildman–Crippen MR) is 151 cm³/mol. The summed E-state index contributed by atoms with van der Waals surface area (Å²) in [6.45, 7) is 2.14. The minimum Gasteiger partial charge on any atom is -0.366 e. The van der Waals surface area contributed by atoms with Gasteiger partial charge in [0.15, 0.2) is 5.82 Å². The number of hydrogen-bond donors (Lipinski definition) is 3. The molecule has 5 aromatic rings. The van der Waals surface area contributed by atoms with Crippen LogP contribution in [0, 0.1) is 11.8 Å². The summed E-state index contributed by atoms with van der Waals surface area (Å²) in [6.07, 6.45) is 10.7. The lowest BCUT2D eigenvalue weighted by Crippen LogP contribution is -2.45. The minimum atomic E-state index is 0.430. The zero-order valence-corrected chi connectivity index (χ0v) is 21.7. The zero-order valence-electron chi connectivity index (χ0n) is 20.9. The van der Waals surface area contributed by atoms with Crippen molar-refractivity contribution in [2.24, 2.45) is 11.8 Å². The van der Waals surface area contributed by atoms with Crippen molar-refractivity contribution in [1.29, 1.82) is 0 Å². The van der Waals surface area contributed by atoms with Crippen LogP contribution in [0.2, 0.25) is 5.02 Å². The number of benzene rings is 1. The molecule has 2 bridgehead atoms. The third-order valence-corrected chi connectivity index (χ3v) is 8.96. The molecule has 2 aliphatic carbocycles. The largest absolute Gasteiger partial charge is 0.366 e. The molecule has 8 rings (SSSR count). The van der Waals surface area contributed by atoms with Crippen molar-refractivity contribution in [2.45, 2.75) is 37.6 Å². The molecule has 0 unspecified atom stereocenters. The van der Waals surface area contributed by atoms with E-state index in [9.17, 15) is 0 Å². The van der Waals surface area contributed by atoms with Gasteiger partial charge in [-0.3, -0.25) is 4.98 Å². The number of rotatable bonds is 5. The van der Waals surface area contributed by atoms with Gasteiger partial charge in [-0.2, -0.15) is 0 Å². The molecule has 1 aliphatic heterocycles. The van der Waals surface area contributed by atoms with Crippen LogP contribution in [-0.4, -0.2) is 44.1 Å². The number of fused-ring (bicyclic) bond motifs is 4. The van der Waals surface area contributed by atoms with Crippen LogP contribution in [0.25, 0.3) is 44.6 Å². The van der Waals surface area contributed by atoms with E-state index < -0.39 is 0 Å². The maximum Gasteiger partial charge on any atom is 0.163 e. The fourth-order valence-corrected chi connectivity index (χ4v) is 6.80. The third kappa shape index (κ3) is 3.68. The van der Waals surface area contributed by atoms with Gasteiger partial charge in [0.1, 0.15) is 11.5 Å². The molecule has 8 heteroatoms. The fourth-order valence-electron chi connectivity index (χ4n) is 6.56. The number of hydrogen-bond acceptors (Lipinski definition) is 6. The Morgan fingerprint density at radius 1 is 0.921 bits per heavy atom. The second-order valence-corrected chi connectivity index (χ2v) is 11.4. The summed E-state index contributed by atoms with van der Waals surface area (Å²) in [5.74, 6) is 3.45. The third-order valence-electron chi connectivity index (χ3n) is 8.63. The Morgan fingerprint density at radius 2 is 1.76 bits per heavy atom. The molecule has 38 heavy (non-hydrogen) atoms. The van der Waals surface area contributed by atoms with E-state index in [1.54, 1.807) is 0 Å². The first-order valence-corrected chi connectivity index (χ1v) is 14.0. The summed E-state index contributed by atoms with van der Waals surface area (Å²) in [5.41, 5.74) is 5.78. The van der Waals surface area contributed by atoms with Gasteiger partial charge in [0.05, 0.1) is 11.7 Å². The maximum atomic E-state index is 6.51. The Kier molecular flexibility index (Phi) is 5.17. The summed E-state index contributed by atoms with van der Waals surface area (Å²) < 4.78 is 0. The van der Waals surface area contributed by atoms with Gasteiger partial charge in [-0.1, -0.05) is 29.8 Å². The normalized spacial score (nSPS) is 22.8. The Bertz CT molecular complexity index is 1680. The van der Waals surface area contributed by atoms with Crippen molar-refractivity contribution in [3.05, 3.63) is 65.6 Å². The van der Waals surface area contributed by atoms with Gasteiger partial charge in [-0.15, -0.1) is 0 Å². The molecule has 0 amide bonds. The molecule has 3 aliphatic rings. The molecule has 4 aromatic heterocycles. The van der Waals surface area contributed by atoms with Crippen LogP contribution in [0.4, 0.5) is 5.82 Å². The first-order valence-electron chi connectivity index (χ1n) is 13.6. The average molecular weight is 522 g/mol. The Labute approximate surface area is 225 Å². The van der Waals surface area contributed by atoms with E-state index in [0.29, 0.717) is 34.6 Å². The van der Waals surface area contributed by atoms with Crippen LogP contribution in [-0.2, 0) is 0 Å². The van der Waals surface area contributed by atoms with Crippen LogP contribution < -0.4 is 10.6 Å². The van der Waals surface area contributed by atoms with Crippen LogP contribution in [0.15, 0.2) is 55.0 Å². The molecule has 5 heterocycles. The molecule has 2 saturated carbocycles. The fraction of sp³-hybridized carbons (Fsp3) is 0.333. The summed E-state index contributed by atoms with van der Waals surface area (Å²) in [5, 5.41) is 10.4. The number of aromatic nitrogens is 5. The lowest BCUT2D eigenvalue weighted by molar-refractivity contribution is 0.342. The highest BCUT2D eigenvalue weighted by atomic mass is 35.5. The van der Waals surface area contributed by atoms with Crippen molar-refractivity contribution in [1.82, 2.24) is 30.2 Å². The van der Waals surface area contributed by atoms with Crippen LogP contribution in [0.3, 0.4) is 0 Å². The Hall–Kier alpha value is -3.55. The van der Waals surface area contributed by atoms with Crippen LogP contribution in [0.5, 0.6) is 0 Å². The van der Waals surface area contributed by atoms with E-state index in [-0.39, 0.29) is 0 Å². The van der Waals surface area contributed by atoms with Gasteiger partial charge in [0.2, 0.25) is 0 Å². The number of pyridine rings is 2. The van der Waals surface area contributed by atoms with Crippen molar-refractivity contribution < 1.29 is 0 Å². The molecule has 3 atom stereocenters. The highest BCUT2D eigenvalue weighted by Gasteiger charge is 2.39. The Balaban J connectivity index is 1.29. The lowest BCUT2D eigenvalue weighted by Gasteiger charge is -2.32. The molecule has 7 nitrogen and oxygen atoms in total. The number of anilines is 1. The maximum absolute atomic E-state index is 6.51. The van der Waals surface area contributed by atoms with Crippen LogP contribution >= 0.6 is 11.6 Å². The molecule has 1 saturated heterocycles. The van der Waals surface area contributed by atoms with Crippen molar-refractivity contribution in [3.63, 3.8) is 0 Å². The number of nitrogens with one attached hydrogen (secondary N) is 3. The van der Waals surface area contributed by atoms with Crippen molar-refractivity contribution >= 4 is 39.4 Å².